The van der Waals surface area contributed by atoms with Gasteiger partial charge < -0.3 is 19.3 Å². The molecule has 1 aliphatic heterocycles. The summed E-state index contributed by atoms with van der Waals surface area (Å²) in [5.41, 5.74) is 1.66. The Morgan fingerprint density at radius 1 is 1.09 bits per heavy atom. The van der Waals surface area contributed by atoms with Crippen LogP contribution in [0.15, 0.2) is 42.5 Å². The van der Waals surface area contributed by atoms with Gasteiger partial charge in [-0.1, -0.05) is 30.3 Å². The molecule has 0 aromatic heterocycles. The van der Waals surface area contributed by atoms with Crippen molar-refractivity contribution in [3.8, 4) is 11.5 Å². The molecule has 2 aromatic carbocycles. The smallest absolute Gasteiger partial charge is 0.339 e. The molecule has 114 valence electrons. The number of hydrogen-bond donors (Lipinski definition) is 1. The van der Waals surface area contributed by atoms with E-state index in [9.17, 15) is 9.90 Å². The Balaban J connectivity index is 2.03. The van der Waals surface area contributed by atoms with Crippen LogP contribution in [-0.2, 0) is 4.74 Å². The first-order valence-corrected chi connectivity index (χ1v) is 6.86. The van der Waals surface area contributed by atoms with Crippen LogP contribution in [0.2, 0.25) is 0 Å². The number of hydrogen-bond acceptors (Lipinski definition) is 5. The molecule has 22 heavy (non-hydrogen) atoms. The summed E-state index contributed by atoms with van der Waals surface area (Å²) in [6.45, 7) is 0. The van der Waals surface area contributed by atoms with Crippen molar-refractivity contribution >= 4 is 5.97 Å². The lowest BCUT2D eigenvalue weighted by molar-refractivity contribution is -0.0110. The van der Waals surface area contributed by atoms with E-state index in [4.69, 9.17) is 14.2 Å². The Morgan fingerprint density at radius 3 is 2.59 bits per heavy atom. The molecule has 0 unspecified atom stereocenters. The summed E-state index contributed by atoms with van der Waals surface area (Å²) in [7, 11) is 3.03. The minimum atomic E-state index is -1.04. The van der Waals surface area contributed by atoms with Crippen LogP contribution in [0.1, 0.15) is 33.7 Å². The molecule has 5 heteroatoms. The second-order valence-electron chi connectivity index (χ2n) is 4.94. The van der Waals surface area contributed by atoms with E-state index in [2.05, 4.69) is 0 Å². The highest BCUT2D eigenvalue weighted by Crippen LogP contribution is 2.44. The number of ether oxygens (including phenoxy) is 3. The van der Waals surface area contributed by atoms with Crippen molar-refractivity contribution < 1.29 is 24.1 Å². The topological polar surface area (TPSA) is 65.0 Å². The Hall–Kier alpha value is -2.53. The zero-order chi connectivity index (χ0) is 15.7. The molecule has 0 amide bonds. The third-order valence-corrected chi connectivity index (χ3v) is 3.76. The van der Waals surface area contributed by atoms with Crippen molar-refractivity contribution in [1.82, 2.24) is 0 Å². The van der Waals surface area contributed by atoms with E-state index >= 15 is 0 Å². The Morgan fingerprint density at radius 2 is 1.86 bits per heavy atom. The van der Waals surface area contributed by atoms with E-state index in [1.54, 1.807) is 36.4 Å². The lowest BCUT2D eigenvalue weighted by atomic mass is 9.96. The van der Waals surface area contributed by atoms with Crippen LogP contribution in [0.25, 0.3) is 0 Å². The van der Waals surface area contributed by atoms with Crippen molar-refractivity contribution in [3.05, 3.63) is 59.2 Å². The highest BCUT2D eigenvalue weighted by Gasteiger charge is 2.37. The molecule has 1 heterocycles. The average Bonchev–Trinajstić information content (AvgIpc) is 2.90. The third kappa shape index (κ3) is 2.19. The highest BCUT2D eigenvalue weighted by molar-refractivity contribution is 5.94. The molecule has 0 radical (unpaired) electrons. The molecule has 1 aliphatic rings. The molecule has 0 saturated carbocycles. The van der Waals surface area contributed by atoms with Gasteiger partial charge in [0.2, 0.25) is 0 Å². The van der Waals surface area contributed by atoms with Crippen molar-refractivity contribution in [2.45, 2.75) is 12.2 Å². The standard InChI is InChI=1S/C17H16O5/c1-20-13-9-5-8-12(15(13)21-2)14(18)16-10-6-3-4-7-11(10)17(19)22-16/h3-9,14,16,18H,1-2H3/t14-,16-/m1/s1. The Bertz CT molecular complexity index is 710. The fourth-order valence-electron chi connectivity index (χ4n) is 2.72. The minimum absolute atomic E-state index is 0.429. The summed E-state index contributed by atoms with van der Waals surface area (Å²) >= 11 is 0. The largest absolute Gasteiger partial charge is 0.493 e. The van der Waals surface area contributed by atoms with Crippen LogP contribution < -0.4 is 9.47 Å². The number of fused-ring (bicyclic) bond motifs is 1. The van der Waals surface area contributed by atoms with Crippen molar-refractivity contribution in [1.29, 1.82) is 0 Å². The maximum atomic E-state index is 11.9. The zero-order valence-electron chi connectivity index (χ0n) is 12.3. The summed E-state index contributed by atoms with van der Waals surface area (Å²) in [5, 5.41) is 10.7. The molecule has 2 atom stereocenters. The van der Waals surface area contributed by atoms with E-state index in [0.29, 0.717) is 28.2 Å². The molecule has 0 spiro atoms. The Labute approximate surface area is 128 Å². The molecule has 1 N–H and O–H groups in total. The van der Waals surface area contributed by atoms with Crippen LogP contribution in [0.4, 0.5) is 0 Å². The number of carbonyl (C=O) groups excluding carboxylic acids is 1. The number of cyclic esters (lactones) is 1. The molecule has 0 aliphatic carbocycles. The molecule has 0 bridgehead atoms. The maximum Gasteiger partial charge on any atom is 0.339 e. The van der Waals surface area contributed by atoms with Crippen LogP contribution in [0.5, 0.6) is 11.5 Å². The monoisotopic (exact) mass is 300 g/mol. The molecular weight excluding hydrogens is 284 g/mol. The number of carbonyl (C=O) groups is 1. The first-order valence-electron chi connectivity index (χ1n) is 6.86. The highest BCUT2D eigenvalue weighted by atomic mass is 16.6. The van der Waals surface area contributed by atoms with Crippen molar-refractivity contribution in [3.63, 3.8) is 0 Å². The number of aliphatic hydroxyl groups excluding tert-OH is 1. The van der Waals surface area contributed by atoms with Gasteiger partial charge in [0.15, 0.2) is 17.6 Å². The number of esters is 1. The zero-order valence-corrected chi connectivity index (χ0v) is 12.3. The van der Waals surface area contributed by atoms with Gasteiger partial charge in [0.05, 0.1) is 19.8 Å². The van der Waals surface area contributed by atoms with E-state index in [-0.39, 0.29) is 0 Å². The van der Waals surface area contributed by atoms with E-state index in [1.807, 2.05) is 6.07 Å². The lowest BCUT2D eigenvalue weighted by Crippen LogP contribution is -2.12. The number of methoxy groups -OCH3 is 2. The predicted molar refractivity (Wildman–Crippen MR) is 79.1 cm³/mol. The molecule has 5 nitrogen and oxygen atoms in total. The van der Waals surface area contributed by atoms with Crippen molar-refractivity contribution in [2.24, 2.45) is 0 Å². The summed E-state index contributed by atoms with van der Waals surface area (Å²) < 4.78 is 15.9. The second kappa shape index (κ2) is 5.69. The first kappa shape index (κ1) is 14.4. The van der Waals surface area contributed by atoms with Gasteiger partial charge in [0.25, 0.3) is 0 Å². The summed E-state index contributed by atoms with van der Waals surface area (Å²) in [6.07, 6.45) is -1.80. The van der Waals surface area contributed by atoms with E-state index in [1.165, 1.54) is 14.2 Å². The lowest BCUT2D eigenvalue weighted by Gasteiger charge is -2.21. The van der Waals surface area contributed by atoms with Gasteiger partial charge in [-0.2, -0.15) is 0 Å². The molecule has 2 aromatic rings. The SMILES string of the molecule is COc1cccc([C@@H](O)[C@@H]2OC(=O)c3ccccc32)c1OC. The number of aliphatic hydroxyl groups is 1. The van der Waals surface area contributed by atoms with Gasteiger partial charge in [-0.15, -0.1) is 0 Å². The van der Waals surface area contributed by atoms with Gasteiger partial charge in [-0.3, -0.25) is 0 Å². The molecular formula is C17H16O5. The second-order valence-corrected chi connectivity index (χ2v) is 4.94. The normalized spacial score (nSPS) is 17.6. The summed E-state index contributed by atoms with van der Waals surface area (Å²) in [4.78, 5) is 11.9. The Kier molecular flexibility index (Phi) is 3.73. The first-order chi connectivity index (χ1) is 10.7. The number of benzene rings is 2. The average molecular weight is 300 g/mol. The fraction of sp³-hybridized carbons (Fsp3) is 0.235. The van der Waals surface area contributed by atoms with Gasteiger partial charge in [0.1, 0.15) is 6.10 Å². The van der Waals surface area contributed by atoms with Gasteiger partial charge in [0, 0.05) is 11.1 Å². The van der Waals surface area contributed by atoms with Crippen molar-refractivity contribution in [2.75, 3.05) is 14.2 Å². The van der Waals surface area contributed by atoms with E-state index < -0.39 is 18.2 Å². The predicted octanol–water partition coefficient (Wildman–Crippen LogP) is 2.65. The van der Waals surface area contributed by atoms with Gasteiger partial charge in [-0.25, -0.2) is 4.79 Å². The van der Waals surface area contributed by atoms with Crippen LogP contribution in [-0.4, -0.2) is 25.3 Å². The molecule has 3 rings (SSSR count). The van der Waals surface area contributed by atoms with Crippen LogP contribution >= 0.6 is 0 Å². The minimum Gasteiger partial charge on any atom is -0.493 e. The quantitative estimate of drug-likeness (QED) is 0.879. The van der Waals surface area contributed by atoms with E-state index in [0.717, 1.165) is 0 Å². The van der Waals surface area contributed by atoms with Gasteiger partial charge >= 0.3 is 5.97 Å². The summed E-state index contributed by atoms with van der Waals surface area (Å²) in [5.74, 6) is 0.510. The fourth-order valence-corrected chi connectivity index (χ4v) is 2.72. The van der Waals surface area contributed by atoms with Crippen LogP contribution in [0.3, 0.4) is 0 Å². The molecule has 0 saturated heterocycles. The maximum absolute atomic E-state index is 11.9. The summed E-state index contributed by atoms with van der Waals surface area (Å²) in [6, 6.07) is 12.3. The number of rotatable bonds is 4. The van der Waals surface area contributed by atoms with Crippen LogP contribution in [0, 0.1) is 0 Å². The van der Waals surface area contributed by atoms with Gasteiger partial charge in [-0.05, 0) is 12.1 Å². The number of para-hydroxylation sites is 1. The third-order valence-electron chi connectivity index (χ3n) is 3.76. The molecule has 0 fully saturated rings.